The Kier molecular flexibility index (Phi) is 12.1. The van der Waals surface area contributed by atoms with Gasteiger partial charge in [-0.3, -0.25) is 14.4 Å². The molecule has 1 N–H and O–H groups in total. The maximum atomic E-state index is 14.5. The number of hydrogen-bond donors (Lipinski definition) is 1. The molecule has 4 aromatic rings. The quantitative estimate of drug-likeness (QED) is 0.169. The summed E-state index contributed by atoms with van der Waals surface area (Å²) in [6.45, 7) is 15.3. The van der Waals surface area contributed by atoms with Crippen molar-refractivity contribution in [2.45, 2.75) is 97.3 Å². The molecule has 1 unspecified atom stereocenters. The van der Waals surface area contributed by atoms with Crippen molar-refractivity contribution in [2.24, 2.45) is 0 Å². The summed E-state index contributed by atoms with van der Waals surface area (Å²) in [6, 6.07) is 2.69. The number of nitrogens with zero attached hydrogens (tertiary/aromatic N) is 8. The molecule has 3 aromatic heterocycles. The Hall–Kier alpha value is -4.81. The summed E-state index contributed by atoms with van der Waals surface area (Å²) < 4.78 is 54.9. The lowest BCUT2D eigenvalue weighted by atomic mass is 9.97. The molecule has 0 bridgehead atoms. The standard InChI is InChI=1S/C39H49ClF3N9O5Si/c1-9-29-32(49-16-18-50(19-17-49)35(54)31-33(56-6)23(2)44-22-45-31)36(55)52-37(51(29)21-30(53)46-28-15-12-25(20-27(28)40)39(41,42)43)47-34(48-52)24-10-13-26(14-11-24)57-58(7,8)38(3,4)5/h10,12,15,20,22,26H,9,11,13-14,16-19,21H2,1-8H3,(H,46,53). The van der Waals surface area contributed by atoms with E-state index in [-0.39, 0.29) is 72.0 Å². The molecule has 1 aliphatic carbocycles. The van der Waals surface area contributed by atoms with E-state index in [1.165, 1.54) is 18.0 Å². The number of allylic oxidation sites excluding steroid dienone is 1. The third-order valence-corrected chi connectivity index (χ3v) is 16.1. The van der Waals surface area contributed by atoms with Crippen molar-refractivity contribution < 1.29 is 31.9 Å². The normalized spacial score (nSPS) is 16.8. The number of aryl methyl sites for hydroxylation is 1. The number of carbonyl (C=O) groups excluding carboxylic acids is 2. The number of benzene rings is 1. The van der Waals surface area contributed by atoms with Crippen LogP contribution in [0.1, 0.15) is 80.2 Å². The van der Waals surface area contributed by atoms with Crippen molar-refractivity contribution >= 4 is 54.5 Å². The predicted molar refractivity (Wildman–Crippen MR) is 217 cm³/mol. The number of piperazine rings is 1. The molecule has 6 rings (SSSR count). The van der Waals surface area contributed by atoms with E-state index in [1.807, 2.05) is 11.8 Å². The van der Waals surface area contributed by atoms with Gasteiger partial charge in [0.1, 0.15) is 18.6 Å². The van der Waals surface area contributed by atoms with Crippen molar-refractivity contribution in [3.05, 3.63) is 74.4 Å². The van der Waals surface area contributed by atoms with Crippen molar-refractivity contribution in [1.82, 2.24) is 34.0 Å². The molecule has 312 valence electrons. The number of methoxy groups -OCH3 is 1. The van der Waals surface area contributed by atoms with E-state index >= 15 is 0 Å². The highest BCUT2D eigenvalue weighted by atomic mass is 35.5. The first kappa shape index (κ1) is 42.8. The number of amides is 2. The van der Waals surface area contributed by atoms with E-state index in [4.69, 9.17) is 30.8 Å². The van der Waals surface area contributed by atoms with Crippen LogP contribution in [0.3, 0.4) is 0 Å². The summed E-state index contributed by atoms with van der Waals surface area (Å²) in [5.74, 6) is -0.158. The first-order valence-electron chi connectivity index (χ1n) is 19.2. The van der Waals surface area contributed by atoms with Crippen molar-refractivity contribution in [2.75, 3.05) is 43.5 Å². The molecule has 4 heterocycles. The van der Waals surface area contributed by atoms with Crippen LogP contribution in [0.25, 0.3) is 11.4 Å². The average Bonchev–Trinajstić information content (AvgIpc) is 3.62. The van der Waals surface area contributed by atoms with Gasteiger partial charge in [0, 0.05) is 32.3 Å². The number of rotatable bonds is 10. The molecular formula is C39H49ClF3N9O5Si. The molecule has 1 aromatic carbocycles. The van der Waals surface area contributed by atoms with Crippen LogP contribution in [0.5, 0.6) is 5.75 Å². The molecule has 14 nitrogen and oxygen atoms in total. The Labute approximate surface area is 340 Å². The van der Waals surface area contributed by atoms with Crippen LogP contribution in [-0.4, -0.2) is 93.6 Å². The van der Waals surface area contributed by atoms with Gasteiger partial charge in [0.15, 0.2) is 25.6 Å². The summed E-state index contributed by atoms with van der Waals surface area (Å²) in [4.78, 5) is 58.4. The van der Waals surface area contributed by atoms with Gasteiger partial charge in [0.25, 0.3) is 11.5 Å². The largest absolute Gasteiger partial charge is 0.492 e. The van der Waals surface area contributed by atoms with E-state index in [0.29, 0.717) is 47.9 Å². The van der Waals surface area contributed by atoms with Crippen molar-refractivity contribution in [3.8, 4) is 5.75 Å². The molecule has 0 spiro atoms. The van der Waals surface area contributed by atoms with Crippen molar-refractivity contribution in [3.63, 3.8) is 0 Å². The minimum absolute atomic E-state index is 0.00436. The molecule has 2 amide bonds. The maximum absolute atomic E-state index is 14.5. The Balaban J connectivity index is 1.34. The van der Waals surface area contributed by atoms with Crippen LogP contribution < -0.4 is 20.5 Å². The summed E-state index contributed by atoms with van der Waals surface area (Å²) in [5, 5.41) is 7.11. The third-order valence-electron chi connectivity index (χ3n) is 11.2. The molecule has 1 fully saturated rings. The van der Waals surface area contributed by atoms with Crippen LogP contribution in [0.15, 0.2) is 35.4 Å². The zero-order valence-electron chi connectivity index (χ0n) is 34.0. The smallest absolute Gasteiger partial charge is 0.416 e. The zero-order chi connectivity index (χ0) is 42.3. The molecular weight excluding hydrogens is 795 g/mol. The fourth-order valence-electron chi connectivity index (χ4n) is 7.05. The minimum Gasteiger partial charge on any atom is -0.492 e. The number of anilines is 2. The van der Waals surface area contributed by atoms with Crippen LogP contribution in [0, 0.1) is 6.92 Å². The SMILES string of the molecule is CCc1c(N2CCN(C(=O)c3ncnc(C)c3OC)CC2)c(=O)n2nc(C3=CCC(O[Si](C)(C)C(C)(C)C)CC3)nc2n1CC(=O)Nc1ccc(C(F)(F)F)cc1Cl. The van der Waals surface area contributed by atoms with Gasteiger partial charge in [-0.1, -0.05) is 45.4 Å². The predicted octanol–water partition coefficient (Wildman–Crippen LogP) is 6.79. The number of fused-ring (bicyclic) bond motifs is 1. The number of nitrogens with one attached hydrogen (secondary N) is 1. The number of carbonyl (C=O) groups is 2. The topological polar surface area (TPSA) is 149 Å². The first-order valence-corrected chi connectivity index (χ1v) is 22.5. The fraction of sp³-hybridized carbons (Fsp3) is 0.513. The molecule has 0 radical (unpaired) electrons. The van der Waals surface area contributed by atoms with Crippen LogP contribution in [-0.2, 0) is 28.4 Å². The van der Waals surface area contributed by atoms with E-state index in [2.05, 4.69) is 55.2 Å². The number of alkyl halides is 3. The fourth-order valence-corrected chi connectivity index (χ4v) is 8.68. The molecule has 1 saturated heterocycles. The monoisotopic (exact) mass is 843 g/mol. The van der Waals surface area contributed by atoms with Crippen LogP contribution in [0.2, 0.25) is 23.2 Å². The summed E-state index contributed by atoms with van der Waals surface area (Å²) >= 11 is 6.19. The lowest BCUT2D eigenvalue weighted by Crippen LogP contribution is -2.51. The van der Waals surface area contributed by atoms with E-state index in [9.17, 15) is 27.6 Å². The highest BCUT2D eigenvalue weighted by Gasteiger charge is 2.40. The van der Waals surface area contributed by atoms with Crippen LogP contribution >= 0.6 is 11.6 Å². The lowest BCUT2D eigenvalue weighted by molar-refractivity contribution is -0.137. The van der Waals surface area contributed by atoms with Gasteiger partial charge < -0.3 is 28.8 Å². The molecule has 19 heteroatoms. The van der Waals surface area contributed by atoms with Crippen molar-refractivity contribution in [1.29, 1.82) is 0 Å². The van der Waals surface area contributed by atoms with Gasteiger partial charge >= 0.3 is 6.18 Å². The van der Waals surface area contributed by atoms with E-state index < -0.39 is 31.5 Å². The second-order valence-electron chi connectivity index (χ2n) is 16.1. The minimum atomic E-state index is -4.61. The summed E-state index contributed by atoms with van der Waals surface area (Å²) in [5.41, 5.74) is 0.939. The second kappa shape index (κ2) is 16.4. The molecule has 1 atom stereocenters. The average molecular weight is 844 g/mol. The van der Waals surface area contributed by atoms with Crippen LogP contribution in [0.4, 0.5) is 24.5 Å². The van der Waals surface area contributed by atoms with Gasteiger partial charge in [-0.15, -0.1) is 5.10 Å². The summed E-state index contributed by atoms with van der Waals surface area (Å²) in [6.07, 6.45) is 1.14. The zero-order valence-corrected chi connectivity index (χ0v) is 35.7. The number of halogens is 4. The number of aromatic nitrogens is 6. The number of hydrogen-bond acceptors (Lipinski definition) is 10. The summed E-state index contributed by atoms with van der Waals surface area (Å²) in [7, 11) is -0.553. The Bertz CT molecular complexity index is 2310. The lowest BCUT2D eigenvalue weighted by Gasteiger charge is -2.40. The van der Waals surface area contributed by atoms with Gasteiger partial charge in [-0.05, 0) is 74.5 Å². The van der Waals surface area contributed by atoms with E-state index in [1.54, 1.807) is 16.4 Å². The second-order valence-corrected chi connectivity index (χ2v) is 21.2. The van der Waals surface area contributed by atoms with Gasteiger partial charge in [-0.25, -0.2) is 9.97 Å². The highest BCUT2D eigenvalue weighted by molar-refractivity contribution is 6.74. The Morgan fingerprint density at radius 3 is 2.38 bits per heavy atom. The first-order chi connectivity index (χ1) is 27.2. The van der Waals surface area contributed by atoms with Gasteiger partial charge in [0.2, 0.25) is 11.7 Å². The van der Waals surface area contributed by atoms with E-state index in [0.717, 1.165) is 30.2 Å². The molecule has 0 saturated carbocycles. The highest BCUT2D eigenvalue weighted by Crippen LogP contribution is 2.40. The third kappa shape index (κ3) is 8.64. The van der Waals surface area contributed by atoms with Gasteiger partial charge in [0.05, 0.1) is 34.8 Å². The number of ether oxygens (including phenoxy) is 1. The molecule has 2 aliphatic rings. The Morgan fingerprint density at radius 1 is 1.09 bits per heavy atom. The Morgan fingerprint density at radius 2 is 1.79 bits per heavy atom. The van der Waals surface area contributed by atoms with Gasteiger partial charge in [-0.2, -0.15) is 22.7 Å². The molecule has 58 heavy (non-hydrogen) atoms. The maximum Gasteiger partial charge on any atom is 0.416 e. The molecule has 1 aliphatic heterocycles.